The molecule has 0 saturated carbocycles. The number of carbonyl (C=O) groups is 4. The second-order valence-electron chi connectivity index (χ2n) is 8.96. The zero-order valence-corrected chi connectivity index (χ0v) is 21.5. The SMILES string of the molecule is COc1ccnc(C(=O)NC2COC(=O)C(Cc3ccccc3)C(OC(=O)C(C)C)C(C)OC2=O)c1ON. The second kappa shape index (κ2) is 12.9. The van der Waals surface area contributed by atoms with Crippen LogP contribution in [0.25, 0.3) is 0 Å². The Balaban J connectivity index is 1.88. The van der Waals surface area contributed by atoms with Crippen molar-refractivity contribution in [2.45, 2.75) is 45.4 Å². The lowest BCUT2D eigenvalue weighted by Crippen LogP contribution is -2.47. The Labute approximate surface area is 219 Å². The Morgan fingerprint density at radius 1 is 1.16 bits per heavy atom. The van der Waals surface area contributed by atoms with Crippen LogP contribution in [-0.2, 0) is 35.0 Å². The summed E-state index contributed by atoms with van der Waals surface area (Å²) >= 11 is 0. The summed E-state index contributed by atoms with van der Waals surface area (Å²) < 4.78 is 21.8. The van der Waals surface area contributed by atoms with E-state index >= 15 is 0 Å². The highest BCUT2D eigenvalue weighted by atomic mass is 16.6. The van der Waals surface area contributed by atoms with E-state index in [4.69, 9.17) is 29.7 Å². The Morgan fingerprint density at radius 2 is 1.87 bits per heavy atom. The Bertz CT molecular complexity index is 1160. The number of pyridine rings is 1. The summed E-state index contributed by atoms with van der Waals surface area (Å²) in [5.74, 6) is 0.774. The van der Waals surface area contributed by atoms with Gasteiger partial charge in [-0.3, -0.25) is 14.4 Å². The number of esters is 3. The molecule has 3 rings (SSSR count). The number of cyclic esters (lactones) is 2. The highest BCUT2D eigenvalue weighted by Gasteiger charge is 2.42. The molecule has 12 nitrogen and oxygen atoms in total. The van der Waals surface area contributed by atoms with Gasteiger partial charge in [-0.2, -0.15) is 5.90 Å². The van der Waals surface area contributed by atoms with Crippen LogP contribution in [0, 0.1) is 11.8 Å². The number of hydrogen-bond acceptors (Lipinski definition) is 11. The molecule has 1 amide bonds. The van der Waals surface area contributed by atoms with E-state index in [-0.39, 0.29) is 23.6 Å². The van der Waals surface area contributed by atoms with E-state index in [0.717, 1.165) is 5.56 Å². The molecule has 3 N–H and O–H groups in total. The first-order chi connectivity index (χ1) is 18.2. The van der Waals surface area contributed by atoms with Crippen LogP contribution in [0.2, 0.25) is 0 Å². The molecule has 2 aromatic rings. The lowest BCUT2D eigenvalue weighted by atomic mass is 9.91. The minimum Gasteiger partial charge on any atom is -0.493 e. The summed E-state index contributed by atoms with van der Waals surface area (Å²) in [6.07, 6.45) is -0.712. The van der Waals surface area contributed by atoms with E-state index < -0.39 is 60.5 Å². The molecule has 1 aromatic heterocycles. The Kier molecular flexibility index (Phi) is 9.61. The van der Waals surface area contributed by atoms with Crippen LogP contribution in [0.4, 0.5) is 0 Å². The fraction of sp³-hybridized carbons (Fsp3) is 0.423. The molecule has 2 heterocycles. The van der Waals surface area contributed by atoms with Crippen molar-refractivity contribution >= 4 is 23.8 Å². The first kappa shape index (κ1) is 28.4. The molecule has 1 saturated heterocycles. The molecule has 0 radical (unpaired) electrons. The van der Waals surface area contributed by atoms with Crippen LogP contribution in [0.15, 0.2) is 42.6 Å². The maximum atomic E-state index is 13.3. The van der Waals surface area contributed by atoms with Gasteiger partial charge in [-0.25, -0.2) is 9.78 Å². The van der Waals surface area contributed by atoms with Gasteiger partial charge in [0.2, 0.25) is 5.75 Å². The highest BCUT2D eigenvalue weighted by molar-refractivity contribution is 5.98. The first-order valence-electron chi connectivity index (χ1n) is 12.0. The molecular formula is C26H31N3O9. The van der Waals surface area contributed by atoms with Crippen LogP contribution in [0.3, 0.4) is 0 Å². The maximum absolute atomic E-state index is 13.3. The summed E-state index contributed by atoms with van der Waals surface area (Å²) in [6, 6.07) is 9.12. The number of carbonyl (C=O) groups excluding carboxylic acids is 4. The molecule has 1 aliphatic heterocycles. The largest absolute Gasteiger partial charge is 0.493 e. The number of rotatable bonds is 8. The maximum Gasteiger partial charge on any atom is 0.332 e. The Morgan fingerprint density at radius 3 is 2.50 bits per heavy atom. The van der Waals surface area contributed by atoms with Gasteiger partial charge in [0.15, 0.2) is 23.6 Å². The number of nitrogens with zero attached hydrogens (tertiary/aromatic N) is 1. The zero-order valence-electron chi connectivity index (χ0n) is 21.5. The molecule has 204 valence electrons. The molecule has 12 heteroatoms. The number of nitrogens with one attached hydrogen (secondary N) is 1. The number of nitrogens with two attached hydrogens (primary N) is 1. The first-order valence-corrected chi connectivity index (χ1v) is 12.0. The number of hydrogen-bond donors (Lipinski definition) is 2. The summed E-state index contributed by atoms with van der Waals surface area (Å²) in [6.45, 7) is 4.27. The van der Waals surface area contributed by atoms with E-state index in [1.165, 1.54) is 26.3 Å². The molecule has 0 aliphatic carbocycles. The fourth-order valence-corrected chi connectivity index (χ4v) is 3.84. The quantitative estimate of drug-likeness (QED) is 0.288. The van der Waals surface area contributed by atoms with Gasteiger partial charge in [-0.15, -0.1) is 0 Å². The zero-order chi connectivity index (χ0) is 27.8. The van der Waals surface area contributed by atoms with Crippen molar-refractivity contribution in [2.24, 2.45) is 17.7 Å². The van der Waals surface area contributed by atoms with Gasteiger partial charge in [-0.05, 0) is 18.9 Å². The normalized spacial score (nSPS) is 21.7. The van der Waals surface area contributed by atoms with Gasteiger partial charge in [0.1, 0.15) is 18.6 Å². The molecule has 38 heavy (non-hydrogen) atoms. The van der Waals surface area contributed by atoms with E-state index in [1.54, 1.807) is 13.8 Å². The number of aromatic nitrogens is 1. The van der Waals surface area contributed by atoms with Crippen LogP contribution < -0.4 is 20.8 Å². The third kappa shape index (κ3) is 6.76. The third-order valence-corrected chi connectivity index (χ3v) is 5.89. The van der Waals surface area contributed by atoms with Crippen molar-refractivity contribution in [2.75, 3.05) is 13.7 Å². The molecular weight excluding hydrogens is 498 g/mol. The fourth-order valence-electron chi connectivity index (χ4n) is 3.84. The van der Waals surface area contributed by atoms with Gasteiger partial charge in [0, 0.05) is 12.3 Å². The lowest BCUT2D eigenvalue weighted by Gasteiger charge is -2.29. The van der Waals surface area contributed by atoms with Crippen molar-refractivity contribution < 1.29 is 43.0 Å². The molecule has 1 fully saturated rings. The molecule has 0 bridgehead atoms. The monoisotopic (exact) mass is 529 g/mol. The van der Waals surface area contributed by atoms with Crippen molar-refractivity contribution in [3.63, 3.8) is 0 Å². The van der Waals surface area contributed by atoms with Crippen LogP contribution >= 0.6 is 0 Å². The minimum atomic E-state index is -1.40. The summed E-state index contributed by atoms with van der Waals surface area (Å²) in [7, 11) is 1.35. The van der Waals surface area contributed by atoms with Gasteiger partial charge in [0.05, 0.1) is 13.0 Å². The molecule has 4 atom stereocenters. The molecule has 1 aliphatic rings. The number of methoxy groups -OCH3 is 1. The van der Waals surface area contributed by atoms with Crippen LogP contribution in [0.1, 0.15) is 36.8 Å². The highest BCUT2D eigenvalue weighted by Crippen LogP contribution is 2.29. The van der Waals surface area contributed by atoms with Crippen molar-refractivity contribution in [3.05, 3.63) is 53.9 Å². The van der Waals surface area contributed by atoms with Gasteiger partial charge < -0.3 is 29.1 Å². The number of benzene rings is 1. The average molecular weight is 530 g/mol. The number of amides is 1. The summed E-state index contributed by atoms with van der Waals surface area (Å²) in [5.41, 5.74) is 0.533. The molecule has 0 spiro atoms. The van der Waals surface area contributed by atoms with Crippen molar-refractivity contribution in [3.8, 4) is 11.5 Å². The third-order valence-electron chi connectivity index (χ3n) is 5.89. The number of ether oxygens (including phenoxy) is 4. The second-order valence-corrected chi connectivity index (χ2v) is 8.96. The van der Waals surface area contributed by atoms with Crippen LogP contribution in [-0.4, -0.2) is 60.8 Å². The van der Waals surface area contributed by atoms with E-state index in [0.29, 0.717) is 0 Å². The topological polar surface area (TPSA) is 165 Å². The van der Waals surface area contributed by atoms with E-state index in [9.17, 15) is 19.2 Å². The van der Waals surface area contributed by atoms with Gasteiger partial charge in [0.25, 0.3) is 5.91 Å². The van der Waals surface area contributed by atoms with Gasteiger partial charge >= 0.3 is 17.9 Å². The predicted molar refractivity (Wildman–Crippen MR) is 132 cm³/mol. The molecule has 1 aromatic carbocycles. The lowest BCUT2D eigenvalue weighted by molar-refractivity contribution is -0.176. The Hall–Kier alpha value is -4.19. The summed E-state index contributed by atoms with van der Waals surface area (Å²) in [4.78, 5) is 60.5. The minimum absolute atomic E-state index is 0.142. The van der Waals surface area contributed by atoms with Crippen molar-refractivity contribution in [1.82, 2.24) is 10.3 Å². The van der Waals surface area contributed by atoms with E-state index in [1.807, 2.05) is 30.3 Å². The van der Waals surface area contributed by atoms with E-state index in [2.05, 4.69) is 10.3 Å². The smallest absolute Gasteiger partial charge is 0.332 e. The van der Waals surface area contributed by atoms with Crippen molar-refractivity contribution in [1.29, 1.82) is 0 Å². The molecule has 4 unspecified atom stereocenters. The summed E-state index contributed by atoms with van der Waals surface area (Å²) in [5, 5.41) is 2.43. The van der Waals surface area contributed by atoms with Gasteiger partial charge in [-0.1, -0.05) is 44.2 Å². The predicted octanol–water partition coefficient (Wildman–Crippen LogP) is 1.36. The van der Waals surface area contributed by atoms with Crippen LogP contribution in [0.5, 0.6) is 11.5 Å². The standard InChI is InChI=1S/C26H31N3O9/c1-14(2)24(31)37-21-15(3)36-26(33)18(13-35-25(32)17(21)12-16-8-6-5-7-9-16)29-23(30)20-22(38-27)19(34-4)10-11-28-20/h5-11,14-15,17-18,21H,12-13,27H2,1-4H3,(H,29,30). The average Bonchev–Trinajstić information content (AvgIpc) is 2.94.